The highest BCUT2D eigenvalue weighted by atomic mass is 35.5. The molecule has 0 radical (unpaired) electrons. The summed E-state index contributed by atoms with van der Waals surface area (Å²) in [5.74, 6) is 0. The van der Waals surface area contributed by atoms with Crippen LogP contribution in [-0.4, -0.2) is 41.3 Å². The van der Waals surface area contributed by atoms with Crippen molar-refractivity contribution >= 4 is 22.7 Å². The summed E-state index contributed by atoms with van der Waals surface area (Å²) in [5, 5.41) is -0.483. The number of piperazine rings is 1. The van der Waals surface area contributed by atoms with Crippen LogP contribution >= 0.6 is 11.6 Å². The van der Waals surface area contributed by atoms with Gasteiger partial charge in [0.25, 0.3) is 0 Å². The van der Waals surface area contributed by atoms with Gasteiger partial charge in [-0.05, 0) is 29.3 Å². The molecule has 1 aromatic carbocycles. The molecule has 1 fully saturated rings. The van der Waals surface area contributed by atoms with Gasteiger partial charge in [-0.2, -0.15) is 13.2 Å². The highest BCUT2D eigenvalue weighted by Crippen LogP contribution is 2.31. The first kappa shape index (κ1) is 15.9. The first-order valence-electron chi connectivity index (χ1n) is 6.40. The van der Waals surface area contributed by atoms with E-state index in [0.29, 0.717) is 38.3 Å². The summed E-state index contributed by atoms with van der Waals surface area (Å²) >= 11 is 5.39. The van der Waals surface area contributed by atoms with E-state index in [4.69, 9.17) is 17.3 Å². The predicted octanol–water partition coefficient (Wildman–Crippen LogP) is 2.76. The fourth-order valence-corrected chi connectivity index (χ4v) is 2.41. The van der Waals surface area contributed by atoms with Crippen LogP contribution in [0, 0.1) is 0 Å². The molecule has 1 aliphatic heterocycles. The maximum atomic E-state index is 12.6. The van der Waals surface area contributed by atoms with E-state index in [-0.39, 0.29) is 5.69 Å². The Morgan fingerprint density at radius 1 is 1.24 bits per heavy atom. The van der Waals surface area contributed by atoms with Crippen LogP contribution in [0.15, 0.2) is 18.2 Å². The summed E-state index contributed by atoms with van der Waals surface area (Å²) in [6.07, 6.45) is -4.39. The lowest BCUT2D eigenvalue weighted by Crippen LogP contribution is -2.46. The quantitative estimate of drug-likeness (QED) is 0.518. The molecule has 0 aliphatic carbocycles. The number of rotatable bonds is 2. The molecule has 2 rings (SSSR count). The molecule has 0 aromatic heterocycles. The van der Waals surface area contributed by atoms with Gasteiger partial charge in [0.05, 0.1) is 5.56 Å². The number of benzene rings is 1. The Labute approximate surface area is 125 Å². The van der Waals surface area contributed by atoms with Gasteiger partial charge < -0.3 is 10.6 Å². The summed E-state index contributed by atoms with van der Waals surface area (Å²) in [5.41, 5.74) is 5.72. The lowest BCUT2D eigenvalue weighted by atomic mass is 10.1. The molecule has 116 valence electrons. The SMILES string of the molecule is Nc1cc(C(F)(F)F)ccc1CN1CCN(C(=O)Cl)CC1. The third-order valence-electron chi connectivity index (χ3n) is 3.49. The first-order chi connectivity index (χ1) is 9.77. The van der Waals surface area contributed by atoms with Gasteiger partial charge in [-0.15, -0.1) is 0 Å². The van der Waals surface area contributed by atoms with Gasteiger partial charge in [-0.25, -0.2) is 0 Å². The number of anilines is 1. The van der Waals surface area contributed by atoms with Crippen molar-refractivity contribution in [2.45, 2.75) is 12.7 Å². The predicted molar refractivity (Wildman–Crippen MR) is 74.0 cm³/mol. The summed E-state index contributed by atoms with van der Waals surface area (Å²) < 4.78 is 37.7. The second-order valence-electron chi connectivity index (χ2n) is 4.93. The lowest BCUT2D eigenvalue weighted by Gasteiger charge is -2.33. The Morgan fingerprint density at radius 3 is 2.33 bits per heavy atom. The minimum Gasteiger partial charge on any atom is -0.398 e. The molecule has 1 saturated heterocycles. The minimum absolute atomic E-state index is 0.126. The Kier molecular flexibility index (Phi) is 4.63. The molecule has 2 N–H and O–H groups in total. The van der Waals surface area contributed by atoms with Crippen LogP contribution in [0.1, 0.15) is 11.1 Å². The van der Waals surface area contributed by atoms with E-state index in [9.17, 15) is 18.0 Å². The Hall–Kier alpha value is -1.47. The monoisotopic (exact) mass is 321 g/mol. The summed E-state index contributed by atoms with van der Waals surface area (Å²) in [7, 11) is 0. The van der Waals surface area contributed by atoms with E-state index in [1.807, 2.05) is 4.90 Å². The van der Waals surface area contributed by atoms with E-state index in [1.54, 1.807) is 0 Å². The summed E-state index contributed by atoms with van der Waals surface area (Å²) in [6, 6.07) is 3.38. The first-order valence-corrected chi connectivity index (χ1v) is 6.77. The van der Waals surface area contributed by atoms with Crippen molar-refractivity contribution in [1.82, 2.24) is 9.80 Å². The standard InChI is InChI=1S/C13H15ClF3N3O/c14-12(21)20-5-3-19(4-6-20)8-9-1-2-10(7-11(9)18)13(15,16)17/h1-2,7H,3-6,8,18H2. The Balaban J connectivity index is 2.00. The van der Waals surface area contributed by atoms with Crippen molar-refractivity contribution in [2.75, 3.05) is 31.9 Å². The highest BCUT2D eigenvalue weighted by Gasteiger charge is 2.31. The van der Waals surface area contributed by atoms with Crippen molar-refractivity contribution < 1.29 is 18.0 Å². The van der Waals surface area contributed by atoms with Crippen LogP contribution in [-0.2, 0) is 12.7 Å². The van der Waals surface area contributed by atoms with Crippen LogP contribution < -0.4 is 5.73 Å². The van der Waals surface area contributed by atoms with Crippen molar-refractivity contribution in [2.24, 2.45) is 0 Å². The second-order valence-corrected chi connectivity index (χ2v) is 5.25. The van der Waals surface area contributed by atoms with Gasteiger partial charge in [0.2, 0.25) is 0 Å². The minimum atomic E-state index is -4.39. The van der Waals surface area contributed by atoms with E-state index in [1.165, 1.54) is 11.0 Å². The van der Waals surface area contributed by atoms with Crippen molar-refractivity contribution in [3.05, 3.63) is 29.3 Å². The second kappa shape index (κ2) is 6.11. The van der Waals surface area contributed by atoms with Gasteiger partial charge >= 0.3 is 11.5 Å². The average molecular weight is 322 g/mol. The highest BCUT2D eigenvalue weighted by molar-refractivity contribution is 6.62. The van der Waals surface area contributed by atoms with Crippen LogP contribution in [0.4, 0.5) is 23.7 Å². The number of nitrogens with zero attached hydrogens (tertiary/aromatic N) is 2. The number of carbonyl (C=O) groups is 1. The van der Waals surface area contributed by atoms with Gasteiger partial charge in [-0.3, -0.25) is 9.69 Å². The lowest BCUT2D eigenvalue weighted by molar-refractivity contribution is -0.137. The zero-order valence-electron chi connectivity index (χ0n) is 11.2. The molecule has 0 bridgehead atoms. The molecule has 0 saturated carbocycles. The van der Waals surface area contributed by atoms with Crippen LogP contribution in [0.25, 0.3) is 0 Å². The van der Waals surface area contributed by atoms with Crippen molar-refractivity contribution in [3.63, 3.8) is 0 Å². The Morgan fingerprint density at radius 2 is 1.86 bits per heavy atom. The summed E-state index contributed by atoms with van der Waals surface area (Å²) in [6.45, 7) is 2.68. The molecular weight excluding hydrogens is 307 g/mol. The van der Waals surface area contributed by atoms with Crippen LogP contribution in [0.3, 0.4) is 0 Å². The molecule has 1 amide bonds. The molecule has 4 nitrogen and oxygen atoms in total. The van der Waals surface area contributed by atoms with Crippen LogP contribution in [0.5, 0.6) is 0 Å². The van der Waals surface area contributed by atoms with Crippen LogP contribution in [0.2, 0.25) is 0 Å². The maximum Gasteiger partial charge on any atom is 0.416 e. The number of hydrogen-bond acceptors (Lipinski definition) is 3. The molecule has 1 aromatic rings. The molecule has 21 heavy (non-hydrogen) atoms. The molecular formula is C13H15ClF3N3O. The largest absolute Gasteiger partial charge is 0.416 e. The van der Waals surface area contributed by atoms with Gasteiger partial charge in [0.1, 0.15) is 0 Å². The molecule has 0 atom stereocenters. The molecule has 1 aliphatic rings. The van der Waals surface area contributed by atoms with E-state index >= 15 is 0 Å². The van der Waals surface area contributed by atoms with Gasteiger partial charge in [0.15, 0.2) is 0 Å². The molecule has 8 heteroatoms. The van der Waals surface area contributed by atoms with E-state index < -0.39 is 17.1 Å². The number of hydrogen-bond donors (Lipinski definition) is 1. The molecule has 1 heterocycles. The van der Waals surface area contributed by atoms with Crippen molar-refractivity contribution in [3.8, 4) is 0 Å². The number of nitrogens with two attached hydrogens (primary N) is 1. The fourth-order valence-electron chi connectivity index (χ4n) is 2.24. The number of alkyl halides is 3. The zero-order chi connectivity index (χ0) is 15.6. The third-order valence-corrected chi connectivity index (χ3v) is 3.73. The maximum absolute atomic E-state index is 12.6. The van der Waals surface area contributed by atoms with Gasteiger partial charge in [-0.1, -0.05) is 6.07 Å². The average Bonchev–Trinajstić information content (AvgIpc) is 2.40. The van der Waals surface area contributed by atoms with E-state index in [0.717, 1.165) is 12.1 Å². The molecule has 0 spiro atoms. The zero-order valence-corrected chi connectivity index (χ0v) is 11.9. The van der Waals surface area contributed by atoms with Crippen molar-refractivity contribution in [1.29, 1.82) is 0 Å². The fraction of sp³-hybridized carbons (Fsp3) is 0.462. The number of halogens is 4. The molecule has 0 unspecified atom stereocenters. The number of amides is 1. The van der Waals surface area contributed by atoms with E-state index in [2.05, 4.69) is 0 Å². The number of carbonyl (C=O) groups excluding carboxylic acids is 1. The smallest absolute Gasteiger partial charge is 0.398 e. The summed E-state index contributed by atoms with van der Waals surface area (Å²) in [4.78, 5) is 14.5. The normalized spacial score (nSPS) is 17.0. The number of nitrogen functional groups attached to an aromatic ring is 1. The topological polar surface area (TPSA) is 49.6 Å². The third kappa shape index (κ3) is 4.01. The Bertz CT molecular complexity index is 528. The van der Waals surface area contributed by atoms with Gasteiger partial charge in [0, 0.05) is 38.4 Å².